The van der Waals surface area contributed by atoms with Crippen molar-refractivity contribution in [3.63, 3.8) is 0 Å². The molecule has 2 atom stereocenters. The lowest BCUT2D eigenvalue weighted by Crippen LogP contribution is -2.71. The first-order chi connectivity index (χ1) is 23.4. The molecule has 2 aromatic heterocycles. The number of thiazole rings is 1. The van der Waals surface area contributed by atoms with Gasteiger partial charge in [-0.15, -0.1) is 23.1 Å². The van der Waals surface area contributed by atoms with Crippen LogP contribution < -0.4 is 11.1 Å². The second-order valence-electron chi connectivity index (χ2n) is 10.4. The molecule has 2 amide bonds. The second kappa shape index (κ2) is 15.3. The molecule has 4 aromatic rings. The van der Waals surface area contributed by atoms with Crippen molar-refractivity contribution in [1.82, 2.24) is 20.2 Å². The normalized spacial score (nSPS) is 17.7. The average molecular weight is 699 g/mol. The molecule has 1 unspecified atom stereocenters. The van der Waals surface area contributed by atoms with Crippen molar-refractivity contribution in [3.05, 3.63) is 129 Å². The van der Waals surface area contributed by atoms with E-state index in [1.807, 2.05) is 84.3 Å². The first kappa shape index (κ1) is 33.0. The third kappa shape index (κ3) is 7.30. The number of rotatable bonds is 12. The van der Waals surface area contributed by atoms with E-state index in [-0.39, 0.29) is 28.8 Å². The van der Waals surface area contributed by atoms with Crippen molar-refractivity contribution in [1.29, 1.82) is 0 Å². The van der Waals surface area contributed by atoms with Crippen LogP contribution in [0.3, 0.4) is 0 Å². The zero-order valence-corrected chi connectivity index (χ0v) is 28.0. The topological polar surface area (TPSA) is 149 Å². The number of fused-ring (bicyclic) bond motifs is 1. The van der Waals surface area contributed by atoms with Gasteiger partial charge in [0.25, 0.3) is 11.8 Å². The first-order valence-electron chi connectivity index (χ1n) is 14.9. The summed E-state index contributed by atoms with van der Waals surface area (Å²) in [5, 5.41) is 9.85. The molecule has 244 valence electrons. The number of oxime groups is 1. The number of β-lactam (4-membered cyclic amide) rings is 1. The van der Waals surface area contributed by atoms with Crippen LogP contribution in [-0.2, 0) is 24.0 Å². The van der Waals surface area contributed by atoms with Crippen molar-refractivity contribution < 1.29 is 24.0 Å². The Balaban J connectivity index is 1.29. The molecule has 48 heavy (non-hydrogen) atoms. The van der Waals surface area contributed by atoms with Crippen LogP contribution in [0, 0.1) is 0 Å². The summed E-state index contributed by atoms with van der Waals surface area (Å²) in [6.07, 6.45) is 4.59. The van der Waals surface area contributed by atoms with Gasteiger partial charge in [0.05, 0.1) is 0 Å². The van der Waals surface area contributed by atoms with Crippen LogP contribution >= 0.6 is 34.9 Å². The third-order valence-corrected chi connectivity index (χ3v) is 10.3. The van der Waals surface area contributed by atoms with E-state index in [0.29, 0.717) is 10.7 Å². The largest absolute Gasteiger partial charge is 0.448 e. The summed E-state index contributed by atoms with van der Waals surface area (Å²) in [4.78, 5) is 56.9. The number of carbonyl (C=O) groups excluding carboxylic acids is 3. The van der Waals surface area contributed by atoms with E-state index in [4.69, 9.17) is 15.3 Å². The molecule has 0 spiro atoms. The molecule has 14 heteroatoms. The molecular formula is C34H30N6O5S3. The van der Waals surface area contributed by atoms with Gasteiger partial charge in [-0.3, -0.25) is 19.5 Å². The first-order valence-corrected chi connectivity index (χ1v) is 17.7. The van der Waals surface area contributed by atoms with Crippen LogP contribution in [0.15, 0.2) is 112 Å². The average Bonchev–Trinajstić information content (AvgIpc) is 3.56. The summed E-state index contributed by atoms with van der Waals surface area (Å²) in [6, 6.07) is 21.7. The van der Waals surface area contributed by atoms with E-state index in [0.717, 1.165) is 28.0 Å². The molecule has 11 nitrogen and oxygen atoms in total. The summed E-state index contributed by atoms with van der Waals surface area (Å²) in [6.45, 7) is 1.96. The third-order valence-electron chi connectivity index (χ3n) is 7.26. The Morgan fingerprint density at radius 1 is 1.12 bits per heavy atom. The number of amides is 2. The van der Waals surface area contributed by atoms with Crippen molar-refractivity contribution in [2.24, 2.45) is 5.16 Å². The van der Waals surface area contributed by atoms with E-state index >= 15 is 0 Å². The number of nitrogen functional groups attached to an aromatic ring is 1. The fraction of sp³-hybridized carbons (Fsp3) is 0.176. The zero-order chi connectivity index (χ0) is 33.5. The molecule has 0 radical (unpaired) electrons. The molecular weight excluding hydrogens is 669 g/mol. The van der Waals surface area contributed by atoms with E-state index in [9.17, 15) is 14.4 Å². The minimum absolute atomic E-state index is 0.0996. The van der Waals surface area contributed by atoms with Gasteiger partial charge in [-0.2, -0.15) is 0 Å². The zero-order valence-electron chi connectivity index (χ0n) is 25.6. The fourth-order valence-electron chi connectivity index (χ4n) is 5.03. The second-order valence-corrected chi connectivity index (χ2v) is 13.4. The molecule has 1 saturated heterocycles. The molecule has 0 saturated carbocycles. The Bertz CT molecular complexity index is 1830. The molecule has 0 aliphatic carbocycles. The maximum Gasteiger partial charge on any atom is 0.356 e. The number of carbonyl (C=O) groups is 3. The predicted octanol–water partition coefficient (Wildman–Crippen LogP) is 5.21. The molecule has 1 fully saturated rings. The van der Waals surface area contributed by atoms with Gasteiger partial charge in [0.2, 0.25) is 0 Å². The van der Waals surface area contributed by atoms with Gasteiger partial charge >= 0.3 is 5.97 Å². The molecule has 2 aromatic carbocycles. The smallest absolute Gasteiger partial charge is 0.356 e. The van der Waals surface area contributed by atoms with Crippen molar-refractivity contribution in [3.8, 4) is 0 Å². The van der Waals surface area contributed by atoms with Crippen LogP contribution in [0.5, 0.6) is 0 Å². The molecule has 3 N–H and O–H groups in total. The summed E-state index contributed by atoms with van der Waals surface area (Å²) in [5.74, 6) is -1.35. The highest BCUT2D eigenvalue weighted by atomic mass is 32.2. The number of pyridine rings is 1. The van der Waals surface area contributed by atoms with E-state index in [1.54, 1.807) is 24.7 Å². The number of nitrogens with two attached hydrogens (primary N) is 1. The Morgan fingerprint density at radius 3 is 2.48 bits per heavy atom. The fourth-order valence-corrected chi connectivity index (χ4v) is 7.93. The van der Waals surface area contributed by atoms with E-state index < -0.39 is 35.3 Å². The van der Waals surface area contributed by atoms with E-state index in [2.05, 4.69) is 20.4 Å². The van der Waals surface area contributed by atoms with Gasteiger partial charge in [0, 0.05) is 28.4 Å². The van der Waals surface area contributed by atoms with E-state index in [1.165, 1.54) is 28.4 Å². The molecule has 0 bridgehead atoms. The quantitative estimate of drug-likeness (QED) is 0.0874. The molecule has 2 aliphatic heterocycles. The Hall–Kier alpha value is -4.92. The summed E-state index contributed by atoms with van der Waals surface area (Å²) >= 11 is 3.92. The summed E-state index contributed by atoms with van der Waals surface area (Å²) in [5.41, 5.74) is 8.52. The number of thioether (sulfide) groups is 2. The van der Waals surface area contributed by atoms with Crippen LogP contribution in [-0.4, -0.2) is 62.1 Å². The van der Waals surface area contributed by atoms with Crippen LogP contribution in [0.2, 0.25) is 0 Å². The SMILES string of the molecule is CCON=C(C(=O)NC1C(=O)N2C(C(=O)OC(c3ccccc3)c3ccccc3)=C(S/C=C\c3cccnc3)CS[C@H]12)c1csc(N)n1. The number of hydrogen-bond donors (Lipinski definition) is 2. The molecule has 4 heterocycles. The lowest BCUT2D eigenvalue weighted by atomic mass is 10.0. The number of benzene rings is 2. The minimum Gasteiger partial charge on any atom is -0.448 e. The number of nitrogens with zero attached hydrogens (tertiary/aromatic N) is 4. The predicted molar refractivity (Wildman–Crippen MR) is 188 cm³/mol. The van der Waals surface area contributed by atoms with Crippen LogP contribution in [0.25, 0.3) is 6.08 Å². The monoisotopic (exact) mass is 698 g/mol. The Labute approximate surface area is 289 Å². The number of ether oxygens (including phenoxy) is 1. The highest BCUT2D eigenvalue weighted by Crippen LogP contribution is 2.45. The molecule has 2 aliphatic rings. The van der Waals surface area contributed by atoms with Gasteiger partial charge in [-0.25, -0.2) is 9.78 Å². The number of anilines is 1. The maximum absolute atomic E-state index is 14.2. The number of nitrogens with one attached hydrogen (secondary N) is 1. The van der Waals surface area contributed by atoms with Crippen molar-refractivity contribution in [2.75, 3.05) is 18.1 Å². The number of hydrogen-bond acceptors (Lipinski definition) is 12. The van der Waals surface area contributed by atoms with Gasteiger partial charge in [0.15, 0.2) is 16.9 Å². The van der Waals surface area contributed by atoms with Crippen molar-refractivity contribution >= 4 is 69.6 Å². The number of aromatic nitrogens is 2. The van der Waals surface area contributed by atoms with Gasteiger partial charge in [-0.1, -0.05) is 83.6 Å². The summed E-state index contributed by atoms with van der Waals surface area (Å²) < 4.78 is 6.23. The lowest BCUT2D eigenvalue weighted by molar-refractivity contribution is -0.154. The van der Waals surface area contributed by atoms with Gasteiger partial charge in [-0.05, 0) is 41.2 Å². The van der Waals surface area contributed by atoms with Crippen LogP contribution in [0.1, 0.15) is 35.4 Å². The van der Waals surface area contributed by atoms with Gasteiger partial charge < -0.3 is 20.6 Å². The Kier molecular flexibility index (Phi) is 10.5. The van der Waals surface area contributed by atoms with Crippen LogP contribution in [0.4, 0.5) is 5.13 Å². The lowest BCUT2D eigenvalue weighted by Gasteiger charge is -2.49. The minimum atomic E-state index is -0.926. The number of esters is 1. The highest BCUT2D eigenvalue weighted by Gasteiger charge is 2.55. The van der Waals surface area contributed by atoms with Gasteiger partial charge in [0.1, 0.15) is 29.4 Å². The summed E-state index contributed by atoms with van der Waals surface area (Å²) in [7, 11) is 0. The van der Waals surface area contributed by atoms with Crippen molar-refractivity contribution in [2.45, 2.75) is 24.4 Å². The molecule has 6 rings (SSSR count). The highest BCUT2D eigenvalue weighted by molar-refractivity contribution is 8.08. The Morgan fingerprint density at radius 2 is 1.85 bits per heavy atom. The maximum atomic E-state index is 14.2. The standard InChI is InChI=1S/C34H30N6O5S3/c1-2-44-39-26(24-19-48-34(35)37-24)30(41)38-27-31(42)40-28(25(20-47-32(27)40)46-17-15-21-10-9-16-36-18-21)33(43)45-29(22-11-5-3-6-12-22)23-13-7-4-8-14-23/h3-19,27,29,32H,2,20H2,1H3,(H2,35,37)(H,38,41)/b17-15-,39-26?/t27?,32-/m1/s1.